The van der Waals surface area contributed by atoms with Crippen molar-refractivity contribution in [3.8, 4) is 0 Å². The number of aromatic nitrogens is 1. The second-order valence-corrected chi connectivity index (χ2v) is 4.84. The Labute approximate surface area is 117 Å². The van der Waals surface area contributed by atoms with Crippen LogP contribution in [0, 0.1) is 0 Å². The summed E-state index contributed by atoms with van der Waals surface area (Å²) in [5, 5.41) is 3.15. The van der Waals surface area contributed by atoms with Crippen molar-refractivity contribution in [2.45, 2.75) is 0 Å². The molecule has 0 aliphatic carbocycles. The number of nitrogen functional groups attached to an aromatic ring is 1. The predicted octanol–water partition coefficient (Wildman–Crippen LogP) is 3.33. The number of hydrogen-bond donors (Lipinski definition) is 2. The predicted molar refractivity (Wildman–Crippen MR) is 75.8 cm³/mol. The monoisotopic (exact) mass is 325 g/mol. The van der Waals surface area contributed by atoms with Crippen molar-refractivity contribution < 1.29 is 4.79 Å². The first kappa shape index (κ1) is 12.9. The summed E-state index contributed by atoms with van der Waals surface area (Å²) in [6, 6.07) is 8.21. The molecule has 18 heavy (non-hydrogen) atoms. The summed E-state index contributed by atoms with van der Waals surface area (Å²) < 4.78 is 0.663. The molecular formula is C12H9BrClN3O. The van der Waals surface area contributed by atoms with E-state index in [1.807, 2.05) is 0 Å². The Balaban J connectivity index is 2.24. The highest BCUT2D eigenvalue weighted by Crippen LogP contribution is 2.21. The number of nitrogens with one attached hydrogen (secondary N) is 1. The van der Waals surface area contributed by atoms with Crippen molar-refractivity contribution in [2.75, 3.05) is 11.1 Å². The summed E-state index contributed by atoms with van der Waals surface area (Å²) in [5.41, 5.74) is 6.60. The Morgan fingerprint density at radius 3 is 2.83 bits per heavy atom. The molecule has 0 saturated heterocycles. The van der Waals surface area contributed by atoms with E-state index >= 15 is 0 Å². The molecule has 1 amide bonds. The molecule has 0 bridgehead atoms. The van der Waals surface area contributed by atoms with Gasteiger partial charge in [0.25, 0.3) is 5.91 Å². The molecule has 0 unspecified atom stereocenters. The van der Waals surface area contributed by atoms with Gasteiger partial charge in [0.2, 0.25) is 0 Å². The molecule has 1 aromatic carbocycles. The zero-order chi connectivity index (χ0) is 13.1. The molecule has 1 heterocycles. The van der Waals surface area contributed by atoms with Crippen molar-refractivity contribution in [1.82, 2.24) is 4.98 Å². The Bertz CT molecular complexity index is 604. The van der Waals surface area contributed by atoms with Gasteiger partial charge in [-0.05, 0) is 46.3 Å². The van der Waals surface area contributed by atoms with Crippen LogP contribution in [0.25, 0.3) is 0 Å². The molecule has 4 nitrogen and oxygen atoms in total. The van der Waals surface area contributed by atoms with E-state index in [0.717, 1.165) is 0 Å². The van der Waals surface area contributed by atoms with Crippen molar-refractivity contribution in [1.29, 1.82) is 0 Å². The van der Waals surface area contributed by atoms with Crippen LogP contribution in [-0.4, -0.2) is 10.9 Å². The Kier molecular flexibility index (Phi) is 3.84. The van der Waals surface area contributed by atoms with Gasteiger partial charge in [0.05, 0.1) is 5.56 Å². The molecule has 0 aliphatic heterocycles. The number of carbonyl (C=O) groups is 1. The third kappa shape index (κ3) is 3.00. The van der Waals surface area contributed by atoms with Gasteiger partial charge in [-0.2, -0.15) is 0 Å². The highest BCUT2D eigenvalue weighted by molar-refractivity contribution is 9.10. The number of nitrogens with zero attached hydrogens (tertiary/aromatic N) is 1. The van der Waals surface area contributed by atoms with E-state index in [4.69, 9.17) is 17.3 Å². The van der Waals surface area contributed by atoms with Gasteiger partial charge in [-0.25, -0.2) is 4.98 Å². The summed E-state index contributed by atoms with van der Waals surface area (Å²) in [7, 11) is 0. The van der Waals surface area contributed by atoms with E-state index in [-0.39, 0.29) is 5.91 Å². The van der Waals surface area contributed by atoms with E-state index in [9.17, 15) is 4.79 Å². The Hall–Kier alpha value is -1.59. The van der Waals surface area contributed by atoms with Crippen LogP contribution >= 0.6 is 27.5 Å². The van der Waals surface area contributed by atoms with Crippen LogP contribution in [-0.2, 0) is 0 Å². The number of hydrogen-bond acceptors (Lipinski definition) is 3. The summed E-state index contributed by atoms with van der Waals surface area (Å²) in [5.74, 6) is 0.0887. The first-order chi connectivity index (χ1) is 8.56. The molecular weight excluding hydrogens is 318 g/mol. The largest absolute Gasteiger partial charge is 0.399 e. The van der Waals surface area contributed by atoms with Crippen LogP contribution in [0.15, 0.2) is 41.0 Å². The van der Waals surface area contributed by atoms with Gasteiger partial charge in [0.15, 0.2) is 0 Å². The molecule has 0 aliphatic rings. The molecule has 2 rings (SSSR count). The number of anilines is 2. The fraction of sp³-hybridized carbons (Fsp3) is 0. The summed E-state index contributed by atoms with van der Waals surface area (Å²) in [6.07, 6.45) is 1.52. The summed E-state index contributed by atoms with van der Waals surface area (Å²) in [4.78, 5) is 16.0. The molecule has 0 radical (unpaired) electrons. The average Bonchev–Trinajstić information content (AvgIpc) is 2.32. The van der Waals surface area contributed by atoms with Gasteiger partial charge in [0.1, 0.15) is 5.82 Å². The maximum atomic E-state index is 12.0. The number of amides is 1. The van der Waals surface area contributed by atoms with Gasteiger partial charge < -0.3 is 11.1 Å². The smallest absolute Gasteiger partial charge is 0.258 e. The highest BCUT2D eigenvalue weighted by atomic mass is 79.9. The van der Waals surface area contributed by atoms with Gasteiger partial charge in [-0.3, -0.25) is 4.79 Å². The molecule has 2 aromatic rings. The van der Waals surface area contributed by atoms with Crippen molar-refractivity contribution in [2.24, 2.45) is 0 Å². The number of halogens is 2. The minimum atomic E-state index is -0.302. The first-order valence-electron chi connectivity index (χ1n) is 5.04. The quantitative estimate of drug-likeness (QED) is 0.832. The Morgan fingerprint density at radius 1 is 1.33 bits per heavy atom. The lowest BCUT2D eigenvalue weighted by atomic mass is 10.2. The van der Waals surface area contributed by atoms with Crippen LogP contribution < -0.4 is 11.1 Å². The standard InChI is InChI=1S/C12H9BrClN3O/c13-10-2-1-8(15)6-9(10)12(18)17-11-5-7(14)3-4-16-11/h1-6H,15H2,(H,16,17,18). The highest BCUT2D eigenvalue weighted by Gasteiger charge is 2.11. The third-order valence-electron chi connectivity index (χ3n) is 2.20. The van der Waals surface area contributed by atoms with E-state index < -0.39 is 0 Å². The Morgan fingerprint density at radius 2 is 2.11 bits per heavy atom. The fourth-order valence-electron chi connectivity index (χ4n) is 1.37. The van der Waals surface area contributed by atoms with Crippen molar-refractivity contribution in [3.05, 3.63) is 51.6 Å². The number of carbonyl (C=O) groups excluding carboxylic acids is 1. The zero-order valence-electron chi connectivity index (χ0n) is 9.15. The molecule has 3 N–H and O–H groups in total. The second-order valence-electron chi connectivity index (χ2n) is 3.55. The zero-order valence-corrected chi connectivity index (χ0v) is 11.5. The summed E-state index contributed by atoms with van der Waals surface area (Å²) >= 11 is 9.11. The van der Waals surface area contributed by atoms with Gasteiger partial charge in [0, 0.05) is 21.4 Å². The van der Waals surface area contributed by atoms with Crippen LogP contribution in [0.2, 0.25) is 5.02 Å². The number of rotatable bonds is 2. The van der Waals surface area contributed by atoms with Crippen LogP contribution in [0.4, 0.5) is 11.5 Å². The van der Waals surface area contributed by atoms with Gasteiger partial charge in [-0.1, -0.05) is 11.6 Å². The lowest BCUT2D eigenvalue weighted by Crippen LogP contribution is -2.13. The maximum absolute atomic E-state index is 12.0. The number of pyridine rings is 1. The van der Waals surface area contributed by atoms with Crippen LogP contribution in [0.1, 0.15) is 10.4 Å². The van der Waals surface area contributed by atoms with Crippen LogP contribution in [0.3, 0.4) is 0 Å². The number of nitrogens with two attached hydrogens (primary N) is 1. The van der Waals surface area contributed by atoms with Gasteiger partial charge >= 0.3 is 0 Å². The van der Waals surface area contributed by atoms with E-state index in [1.165, 1.54) is 6.20 Å². The summed E-state index contributed by atoms with van der Waals surface area (Å²) in [6.45, 7) is 0. The minimum absolute atomic E-state index is 0.302. The number of benzene rings is 1. The fourth-order valence-corrected chi connectivity index (χ4v) is 1.96. The minimum Gasteiger partial charge on any atom is -0.399 e. The third-order valence-corrected chi connectivity index (χ3v) is 3.13. The van der Waals surface area contributed by atoms with E-state index in [0.29, 0.717) is 26.6 Å². The van der Waals surface area contributed by atoms with E-state index in [1.54, 1.807) is 30.3 Å². The molecule has 1 aromatic heterocycles. The maximum Gasteiger partial charge on any atom is 0.258 e. The first-order valence-corrected chi connectivity index (χ1v) is 6.21. The topological polar surface area (TPSA) is 68.0 Å². The average molecular weight is 327 g/mol. The second kappa shape index (κ2) is 5.37. The SMILES string of the molecule is Nc1ccc(Br)c(C(=O)Nc2cc(Cl)ccn2)c1. The molecule has 6 heteroatoms. The van der Waals surface area contributed by atoms with Crippen molar-refractivity contribution >= 4 is 44.9 Å². The van der Waals surface area contributed by atoms with Crippen LogP contribution in [0.5, 0.6) is 0 Å². The molecule has 0 spiro atoms. The molecule has 0 atom stereocenters. The molecule has 0 saturated carbocycles. The lowest BCUT2D eigenvalue weighted by Gasteiger charge is -2.07. The molecule has 92 valence electrons. The van der Waals surface area contributed by atoms with E-state index in [2.05, 4.69) is 26.2 Å². The van der Waals surface area contributed by atoms with Crippen molar-refractivity contribution in [3.63, 3.8) is 0 Å². The normalized spacial score (nSPS) is 10.1. The van der Waals surface area contributed by atoms with Gasteiger partial charge in [-0.15, -0.1) is 0 Å². The lowest BCUT2D eigenvalue weighted by molar-refractivity contribution is 0.102. The molecule has 0 fully saturated rings.